The van der Waals surface area contributed by atoms with Crippen LogP contribution in [0, 0.1) is 19.3 Å². The van der Waals surface area contributed by atoms with Crippen molar-refractivity contribution in [1.29, 1.82) is 0 Å². The smallest absolute Gasteiger partial charge is 0.228 e. The van der Waals surface area contributed by atoms with Crippen molar-refractivity contribution < 1.29 is 13.9 Å². The van der Waals surface area contributed by atoms with Crippen LogP contribution < -0.4 is 4.74 Å². The molecule has 0 atom stereocenters. The van der Waals surface area contributed by atoms with Crippen molar-refractivity contribution in [2.24, 2.45) is 0 Å². The van der Waals surface area contributed by atoms with E-state index in [0.717, 1.165) is 10.9 Å². The second-order valence-corrected chi connectivity index (χ2v) is 5.48. The summed E-state index contributed by atoms with van der Waals surface area (Å²) < 4.78 is 11.1. The van der Waals surface area contributed by atoms with E-state index in [2.05, 4.69) is 5.92 Å². The van der Waals surface area contributed by atoms with Crippen LogP contribution in [0.4, 0.5) is 0 Å². The van der Waals surface area contributed by atoms with Crippen molar-refractivity contribution in [2.45, 2.75) is 6.92 Å². The van der Waals surface area contributed by atoms with Crippen LogP contribution in [0.2, 0.25) is 5.02 Å². The quantitative estimate of drug-likeness (QED) is 0.518. The number of rotatable bonds is 4. The normalized spacial score (nSPS) is 10.5. The Labute approximate surface area is 138 Å². The summed E-state index contributed by atoms with van der Waals surface area (Å²) in [5, 5.41) is 1.45. The van der Waals surface area contributed by atoms with Crippen LogP contribution in [0.15, 0.2) is 46.9 Å². The summed E-state index contributed by atoms with van der Waals surface area (Å²) in [6.07, 6.45) is 5.18. The lowest BCUT2D eigenvalue weighted by atomic mass is 10.0. The Bertz CT molecular complexity index is 914. The van der Waals surface area contributed by atoms with Crippen molar-refractivity contribution in [2.75, 3.05) is 6.61 Å². The number of furan rings is 1. The SMILES string of the molecule is C#CCOc1ccc2c(C)c(C(=O)c3ccc(Cl)cc3)oc2c1. The lowest BCUT2D eigenvalue weighted by Crippen LogP contribution is -2.00. The Morgan fingerprint density at radius 2 is 2.00 bits per heavy atom. The fourth-order valence-corrected chi connectivity index (χ4v) is 2.50. The van der Waals surface area contributed by atoms with Gasteiger partial charge < -0.3 is 9.15 Å². The lowest BCUT2D eigenvalue weighted by molar-refractivity contribution is 0.101. The van der Waals surface area contributed by atoms with Gasteiger partial charge in [-0.1, -0.05) is 17.5 Å². The summed E-state index contributed by atoms with van der Waals surface area (Å²) in [7, 11) is 0. The van der Waals surface area contributed by atoms with Crippen LogP contribution in [-0.4, -0.2) is 12.4 Å². The minimum atomic E-state index is -0.179. The van der Waals surface area contributed by atoms with Gasteiger partial charge in [-0.2, -0.15) is 0 Å². The standard InChI is InChI=1S/C19H13ClO3/c1-3-10-22-15-8-9-16-12(2)19(23-17(16)11-15)18(21)13-4-6-14(20)7-5-13/h1,4-9,11H,10H2,2H3. The second-order valence-electron chi connectivity index (χ2n) is 5.04. The zero-order valence-corrected chi connectivity index (χ0v) is 13.2. The van der Waals surface area contributed by atoms with E-state index in [0.29, 0.717) is 27.7 Å². The molecule has 0 saturated carbocycles. The Hall–Kier alpha value is -2.70. The zero-order chi connectivity index (χ0) is 16.4. The highest BCUT2D eigenvalue weighted by Gasteiger charge is 2.19. The fraction of sp³-hybridized carbons (Fsp3) is 0.105. The number of halogens is 1. The van der Waals surface area contributed by atoms with Gasteiger partial charge in [0.1, 0.15) is 17.9 Å². The number of hydrogen-bond donors (Lipinski definition) is 0. The van der Waals surface area contributed by atoms with Gasteiger partial charge in [0.2, 0.25) is 5.78 Å². The van der Waals surface area contributed by atoms with E-state index in [-0.39, 0.29) is 12.4 Å². The van der Waals surface area contributed by atoms with Crippen LogP contribution in [-0.2, 0) is 0 Å². The van der Waals surface area contributed by atoms with Crippen molar-refractivity contribution in [1.82, 2.24) is 0 Å². The molecule has 0 aliphatic rings. The van der Waals surface area contributed by atoms with Gasteiger partial charge in [0.15, 0.2) is 5.76 Å². The molecular weight excluding hydrogens is 312 g/mol. The fourth-order valence-electron chi connectivity index (χ4n) is 2.37. The number of ketones is 1. The van der Waals surface area contributed by atoms with E-state index in [4.69, 9.17) is 27.2 Å². The number of carbonyl (C=O) groups excluding carboxylic acids is 1. The Morgan fingerprint density at radius 1 is 1.26 bits per heavy atom. The molecule has 23 heavy (non-hydrogen) atoms. The Morgan fingerprint density at radius 3 is 2.70 bits per heavy atom. The summed E-state index contributed by atoms with van der Waals surface area (Å²) in [4.78, 5) is 12.6. The third-order valence-corrected chi connectivity index (χ3v) is 3.80. The molecule has 0 radical (unpaired) electrons. The minimum Gasteiger partial charge on any atom is -0.481 e. The Balaban J connectivity index is 2.01. The first kappa shape index (κ1) is 15.2. The largest absolute Gasteiger partial charge is 0.481 e. The van der Waals surface area contributed by atoms with Gasteiger partial charge in [-0.3, -0.25) is 4.79 Å². The molecule has 0 bridgehead atoms. The first-order valence-electron chi connectivity index (χ1n) is 7.00. The predicted molar refractivity (Wildman–Crippen MR) is 90.2 cm³/mol. The van der Waals surface area contributed by atoms with E-state index in [9.17, 15) is 4.79 Å². The summed E-state index contributed by atoms with van der Waals surface area (Å²) in [5.74, 6) is 3.15. The maximum absolute atomic E-state index is 12.6. The number of terminal acetylenes is 1. The first-order valence-corrected chi connectivity index (χ1v) is 7.37. The third kappa shape index (κ3) is 2.94. The molecule has 1 heterocycles. The van der Waals surface area contributed by atoms with Crippen molar-refractivity contribution in [3.63, 3.8) is 0 Å². The monoisotopic (exact) mass is 324 g/mol. The van der Waals surface area contributed by atoms with E-state index in [1.54, 1.807) is 36.4 Å². The molecule has 0 saturated heterocycles. The number of benzene rings is 2. The van der Waals surface area contributed by atoms with Gasteiger partial charge in [0.25, 0.3) is 0 Å². The number of aryl methyl sites for hydroxylation is 1. The Kier molecular flexibility index (Phi) is 4.10. The predicted octanol–water partition coefficient (Wildman–Crippen LogP) is 4.64. The second kappa shape index (κ2) is 6.20. The van der Waals surface area contributed by atoms with Crippen LogP contribution in [0.5, 0.6) is 5.75 Å². The number of carbonyl (C=O) groups is 1. The van der Waals surface area contributed by atoms with Crippen LogP contribution in [0.25, 0.3) is 11.0 Å². The minimum absolute atomic E-state index is 0.179. The van der Waals surface area contributed by atoms with E-state index >= 15 is 0 Å². The maximum Gasteiger partial charge on any atom is 0.228 e. The molecule has 0 aliphatic carbocycles. The highest BCUT2D eigenvalue weighted by Crippen LogP contribution is 2.30. The highest BCUT2D eigenvalue weighted by atomic mass is 35.5. The van der Waals surface area contributed by atoms with E-state index in [1.165, 1.54) is 0 Å². The van der Waals surface area contributed by atoms with Gasteiger partial charge in [-0.15, -0.1) is 6.42 Å². The summed E-state index contributed by atoms with van der Waals surface area (Å²) in [5.41, 5.74) is 1.91. The third-order valence-electron chi connectivity index (χ3n) is 3.54. The van der Waals surface area contributed by atoms with E-state index < -0.39 is 0 Å². The molecule has 1 aromatic heterocycles. The lowest BCUT2D eigenvalue weighted by Gasteiger charge is -2.00. The van der Waals surface area contributed by atoms with Crippen LogP contribution in [0.3, 0.4) is 0 Å². The molecule has 0 spiro atoms. The summed E-state index contributed by atoms with van der Waals surface area (Å²) in [6, 6.07) is 12.1. The molecule has 3 rings (SSSR count). The van der Waals surface area contributed by atoms with Crippen molar-refractivity contribution in [3.8, 4) is 18.1 Å². The molecule has 4 heteroatoms. The molecular formula is C19H13ClO3. The average Bonchev–Trinajstić information content (AvgIpc) is 2.89. The van der Waals surface area contributed by atoms with Gasteiger partial charge in [0.05, 0.1) is 0 Å². The molecule has 0 fully saturated rings. The number of hydrogen-bond acceptors (Lipinski definition) is 3. The first-order chi connectivity index (χ1) is 11.1. The van der Waals surface area contributed by atoms with Crippen LogP contribution >= 0.6 is 11.6 Å². The zero-order valence-electron chi connectivity index (χ0n) is 12.4. The molecule has 0 unspecified atom stereocenters. The topological polar surface area (TPSA) is 39.4 Å². The highest BCUT2D eigenvalue weighted by molar-refractivity contribution is 6.30. The number of ether oxygens (including phenoxy) is 1. The van der Waals surface area contributed by atoms with Crippen molar-refractivity contribution >= 4 is 28.4 Å². The molecule has 0 amide bonds. The molecule has 0 aliphatic heterocycles. The summed E-state index contributed by atoms with van der Waals surface area (Å²) in [6.45, 7) is 2.04. The molecule has 0 N–H and O–H groups in total. The summed E-state index contributed by atoms with van der Waals surface area (Å²) >= 11 is 5.85. The molecule has 3 aromatic rings. The average molecular weight is 325 g/mol. The van der Waals surface area contributed by atoms with Gasteiger partial charge in [-0.05, 0) is 43.3 Å². The molecule has 2 aromatic carbocycles. The molecule has 3 nitrogen and oxygen atoms in total. The van der Waals surface area contributed by atoms with Crippen LogP contribution in [0.1, 0.15) is 21.7 Å². The van der Waals surface area contributed by atoms with E-state index in [1.807, 2.05) is 13.0 Å². The number of fused-ring (bicyclic) bond motifs is 1. The van der Waals surface area contributed by atoms with Gasteiger partial charge in [0, 0.05) is 27.6 Å². The molecule has 114 valence electrons. The maximum atomic E-state index is 12.6. The van der Waals surface area contributed by atoms with Gasteiger partial charge in [-0.25, -0.2) is 0 Å². The van der Waals surface area contributed by atoms with Gasteiger partial charge >= 0.3 is 0 Å². The van der Waals surface area contributed by atoms with Crippen molar-refractivity contribution in [3.05, 3.63) is 64.4 Å².